The van der Waals surface area contributed by atoms with E-state index in [1.165, 1.54) is 0 Å². The Morgan fingerprint density at radius 1 is 1.03 bits per heavy atom. The molecule has 150 valence electrons. The minimum absolute atomic E-state index is 0.102. The summed E-state index contributed by atoms with van der Waals surface area (Å²) >= 11 is 6.19. The molecule has 0 bridgehead atoms. The number of nitrogens with zero attached hydrogens (tertiary/aromatic N) is 6. The Labute approximate surface area is 175 Å². The van der Waals surface area contributed by atoms with Gasteiger partial charge in [-0.25, -0.2) is 15.0 Å². The smallest absolute Gasteiger partial charge is 0.227 e. The average molecular weight is 411 g/mol. The highest BCUT2D eigenvalue weighted by Gasteiger charge is 2.23. The SMILES string of the molecule is Cc1ncn(-c2cc(N3CCN(C(=O)Cc4ccccc4Cl)CC3)ncn2)c1C. The minimum atomic E-state index is 0.102. The van der Waals surface area contributed by atoms with Crippen LogP contribution in [0, 0.1) is 13.8 Å². The van der Waals surface area contributed by atoms with Crippen LogP contribution in [0.4, 0.5) is 5.82 Å². The molecule has 0 unspecified atom stereocenters. The fourth-order valence-electron chi connectivity index (χ4n) is 3.47. The maximum absolute atomic E-state index is 12.7. The molecule has 2 aromatic heterocycles. The van der Waals surface area contributed by atoms with Crippen LogP contribution in [0.2, 0.25) is 5.02 Å². The Kier molecular flexibility index (Phi) is 5.49. The number of carbonyl (C=O) groups is 1. The number of amides is 1. The zero-order valence-corrected chi connectivity index (χ0v) is 17.3. The third-order valence-electron chi connectivity index (χ3n) is 5.39. The summed E-state index contributed by atoms with van der Waals surface area (Å²) < 4.78 is 1.96. The largest absolute Gasteiger partial charge is 0.353 e. The van der Waals surface area contributed by atoms with Crippen molar-refractivity contribution in [2.24, 2.45) is 0 Å². The molecule has 3 heterocycles. The van der Waals surface area contributed by atoms with Crippen molar-refractivity contribution in [1.29, 1.82) is 0 Å². The zero-order chi connectivity index (χ0) is 20.4. The lowest BCUT2D eigenvalue weighted by Gasteiger charge is -2.35. The first-order valence-electron chi connectivity index (χ1n) is 9.62. The minimum Gasteiger partial charge on any atom is -0.353 e. The van der Waals surface area contributed by atoms with Crippen LogP contribution in [0.1, 0.15) is 17.0 Å². The van der Waals surface area contributed by atoms with Crippen LogP contribution in [-0.4, -0.2) is 56.5 Å². The van der Waals surface area contributed by atoms with Crippen LogP contribution < -0.4 is 4.90 Å². The Hall–Kier alpha value is -2.93. The topological polar surface area (TPSA) is 67.2 Å². The zero-order valence-electron chi connectivity index (χ0n) is 16.5. The van der Waals surface area contributed by atoms with E-state index >= 15 is 0 Å². The van der Waals surface area contributed by atoms with E-state index in [9.17, 15) is 4.79 Å². The Balaban J connectivity index is 1.41. The first-order chi connectivity index (χ1) is 14.0. The lowest BCUT2D eigenvalue weighted by molar-refractivity contribution is -0.130. The number of aromatic nitrogens is 4. The van der Waals surface area contributed by atoms with Gasteiger partial charge in [0.2, 0.25) is 5.91 Å². The Morgan fingerprint density at radius 2 is 1.76 bits per heavy atom. The van der Waals surface area contributed by atoms with E-state index in [4.69, 9.17) is 11.6 Å². The van der Waals surface area contributed by atoms with E-state index in [0.717, 1.165) is 41.7 Å². The number of halogens is 1. The standard InChI is InChI=1S/C21H23ClN6O/c1-15-16(2)28(14-25-15)20-12-19(23-13-24-20)26-7-9-27(10-8-26)21(29)11-17-5-3-4-6-18(17)22/h3-6,12-14H,7-11H2,1-2H3. The second-order valence-corrected chi connectivity index (χ2v) is 7.56. The lowest BCUT2D eigenvalue weighted by atomic mass is 10.1. The van der Waals surface area contributed by atoms with Crippen molar-refractivity contribution in [3.8, 4) is 5.82 Å². The predicted molar refractivity (Wildman–Crippen MR) is 113 cm³/mol. The van der Waals surface area contributed by atoms with Crippen LogP contribution in [-0.2, 0) is 11.2 Å². The molecule has 7 nitrogen and oxygen atoms in total. The molecule has 1 amide bonds. The van der Waals surface area contributed by atoms with Gasteiger partial charge in [-0.3, -0.25) is 9.36 Å². The molecule has 1 aromatic carbocycles. The van der Waals surface area contributed by atoms with Gasteiger partial charge in [-0.05, 0) is 25.5 Å². The Bertz CT molecular complexity index is 1030. The molecule has 3 aromatic rings. The summed E-state index contributed by atoms with van der Waals surface area (Å²) in [5.74, 6) is 1.76. The Morgan fingerprint density at radius 3 is 2.45 bits per heavy atom. The summed E-state index contributed by atoms with van der Waals surface area (Å²) in [5.41, 5.74) is 2.91. The van der Waals surface area contributed by atoms with Gasteiger partial charge in [0.05, 0.1) is 12.1 Å². The molecule has 0 atom stereocenters. The fourth-order valence-corrected chi connectivity index (χ4v) is 3.68. The molecule has 1 aliphatic heterocycles. The lowest BCUT2D eigenvalue weighted by Crippen LogP contribution is -2.49. The molecule has 1 fully saturated rings. The number of carbonyl (C=O) groups excluding carboxylic acids is 1. The molecular weight excluding hydrogens is 388 g/mol. The molecule has 1 saturated heterocycles. The summed E-state index contributed by atoms with van der Waals surface area (Å²) in [7, 11) is 0. The first-order valence-corrected chi connectivity index (χ1v) is 10.00. The number of hydrogen-bond acceptors (Lipinski definition) is 5. The highest BCUT2D eigenvalue weighted by Crippen LogP contribution is 2.20. The van der Waals surface area contributed by atoms with E-state index < -0.39 is 0 Å². The van der Waals surface area contributed by atoms with Gasteiger partial charge in [-0.15, -0.1) is 0 Å². The molecular formula is C21H23ClN6O. The number of rotatable bonds is 4. The number of imidazole rings is 1. The van der Waals surface area contributed by atoms with Gasteiger partial charge in [0.25, 0.3) is 0 Å². The summed E-state index contributed by atoms with van der Waals surface area (Å²) in [6, 6.07) is 9.46. The average Bonchev–Trinajstić information content (AvgIpc) is 3.08. The third-order valence-corrected chi connectivity index (χ3v) is 5.76. The molecule has 29 heavy (non-hydrogen) atoms. The van der Waals surface area contributed by atoms with E-state index in [0.29, 0.717) is 24.5 Å². The van der Waals surface area contributed by atoms with Crippen LogP contribution >= 0.6 is 11.6 Å². The van der Waals surface area contributed by atoms with Gasteiger partial charge < -0.3 is 9.80 Å². The van der Waals surface area contributed by atoms with Crippen molar-refractivity contribution in [1.82, 2.24) is 24.4 Å². The van der Waals surface area contributed by atoms with Gasteiger partial charge in [0.15, 0.2) is 0 Å². The van der Waals surface area contributed by atoms with Crippen molar-refractivity contribution in [3.05, 3.63) is 65.0 Å². The summed E-state index contributed by atoms with van der Waals surface area (Å²) in [5, 5.41) is 0.637. The van der Waals surface area contributed by atoms with Crippen molar-refractivity contribution in [2.45, 2.75) is 20.3 Å². The van der Waals surface area contributed by atoms with Crippen LogP contribution in [0.15, 0.2) is 43.0 Å². The van der Waals surface area contributed by atoms with Crippen molar-refractivity contribution < 1.29 is 4.79 Å². The van der Waals surface area contributed by atoms with Gasteiger partial charge in [-0.2, -0.15) is 0 Å². The van der Waals surface area contributed by atoms with E-state index in [-0.39, 0.29) is 5.91 Å². The number of piperazine rings is 1. The predicted octanol–water partition coefficient (Wildman–Crippen LogP) is 2.82. The van der Waals surface area contributed by atoms with E-state index in [1.807, 2.05) is 53.6 Å². The maximum Gasteiger partial charge on any atom is 0.227 e. The highest BCUT2D eigenvalue weighted by molar-refractivity contribution is 6.31. The summed E-state index contributed by atoms with van der Waals surface area (Å²) in [6.07, 6.45) is 3.69. The third kappa shape index (κ3) is 4.10. The second kappa shape index (κ2) is 8.21. The number of aryl methyl sites for hydroxylation is 1. The molecule has 4 rings (SSSR count). The summed E-state index contributed by atoms with van der Waals surface area (Å²) in [6.45, 7) is 6.78. The van der Waals surface area contributed by atoms with Gasteiger partial charge in [0, 0.05) is 43.0 Å². The van der Waals surface area contributed by atoms with Gasteiger partial charge in [-0.1, -0.05) is 29.8 Å². The first kappa shape index (κ1) is 19.4. The molecule has 0 saturated carbocycles. The van der Waals surface area contributed by atoms with Gasteiger partial charge >= 0.3 is 0 Å². The van der Waals surface area contributed by atoms with E-state index in [1.54, 1.807) is 12.7 Å². The van der Waals surface area contributed by atoms with E-state index in [2.05, 4.69) is 19.9 Å². The molecule has 0 spiro atoms. The second-order valence-electron chi connectivity index (χ2n) is 7.16. The van der Waals surface area contributed by atoms with Crippen LogP contribution in [0.5, 0.6) is 0 Å². The highest BCUT2D eigenvalue weighted by atomic mass is 35.5. The van der Waals surface area contributed by atoms with Crippen molar-refractivity contribution in [2.75, 3.05) is 31.1 Å². The monoisotopic (exact) mass is 410 g/mol. The van der Waals surface area contributed by atoms with Crippen LogP contribution in [0.25, 0.3) is 5.82 Å². The van der Waals surface area contributed by atoms with Crippen molar-refractivity contribution >= 4 is 23.3 Å². The molecule has 0 radical (unpaired) electrons. The van der Waals surface area contributed by atoms with Gasteiger partial charge in [0.1, 0.15) is 24.3 Å². The van der Waals surface area contributed by atoms with Crippen molar-refractivity contribution in [3.63, 3.8) is 0 Å². The van der Waals surface area contributed by atoms with Crippen LogP contribution in [0.3, 0.4) is 0 Å². The molecule has 0 aliphatic carbocycles. The fraction of sp³-hybridized carbons (Fsp3) is 0.333. The quantitative estimate of drug-likeness (QED) is 0.661. The maximum atomic E-state index is 12.7. The molecule has 8 heteroatoms. The molecule has 0 N–H and O–H groups in total. The molecule has 1 aliphatic rings. The number of anilines is 1. The number of benzene rings is 1. The number of hydrogen-bond donors (Lipinski definition) is 0. The summed E-state index contributed by atoms with van der Waals surface area (Å²) in [4.78, 5) is 29.9. The normalized spacial score (nSPS) is 14.3.